The summed E-state index contributed by atoms with van der Waals surface area (Å²) in [5.74, 6) is -1.13. The van der Waals surface area contributed by atoms with Crippen LogP contribution in [0.5, 0.6) is 0 Å². The molecule has 1 aromatic heterocycles. The maximum Gasteiger partial charge on any atom is 0.331 e. The molecule has 0 spiro atoms. The second-order valence-electron chi connectivity index (χ2n) is 5.23. The van der Waals surface area contributed by atoms with E-state index in [4.69, 9.17) is 4.74 Å². The van der Waals surface area contributed by atoms with E-state index in [0.717, 1.165) is 16.0 Å². The van der Waals surface area contributed by atoms with Gasteiger partial charge in [0.2, 0.25) is 0 Å². The van der Waals surface area contributed by atoms with Crippen LogP contribution in [0.15, 0.2) is 47.4 Å². The predicted molar refractivity (Wildman–Crippen MR) is 97.2 cm³/mol. The van der Waals surface area contributed by atoms with Gasteiger partial charge in [-0.25, -0.2) is 13.2 Å². The molecule has 1 N–H and O–H groups in total. The van der Waals surface area contributed by atoms with E-state index in [-0.39, 0.29) is 4.90 Å². The van der Waals surface area contributed by atoms with Crippen molar-refractivity contribution in [1.82, 2.24) is 0 Å². The molecule has 132 valence electrons. The molecule has 2 rings (SSSR count). The van der Waals surface area contributed by atoms with Gasteiger partial charge in [-0.3, -0.25) is 4.79 Å². The second-order valence-corrected chi connectivity index (χ2v) is 8.57. The average molecular weight is 379 g/mol. The Balaban J connectivity index is 1.82. The normalized spacial score (nSPS) is 11.4. The largest absolute Gasteiger partial charge is 0.452 e. The monoisotopic (exact) mass is 379 g/mol. The smallest absolute Gasteiger partial charge is 0.331 e. The van der Waals surface area contributed by atoms with Crippen LogP contribution in [0.1, 0.15) is 9.75 Å². The third-order valence-corrected chi connectivity index (χ3v) is 5.15. The van der Waals surface area contributed by atoms with E-state index in [9.17, 15) is 18.0 Å². The number of nitrogens with one attached hydrogen (secondary N) is 1. The molecule has 1 heterocycles. The number of ether oxygens (including phenoxy) is 1. The zero-order valence-corrected chi connectivity index (χ0v) is 15.3. The molecule has 8 heteroatoms. The Bertz CT molecular complexity index is 895. The minimum atomic E-state index is -3.29. The van der Waals surface area contributed by atoms with Crippen LogP contribution < -0.4 is 5.32 Å². The molecule has 0 aliphatic rings. The number of amides is 1. The number of hydrogen-bond donors (Lipinski definition) is 1. The lowest BCUT2D eigenvalue weighted by atomic mass is 10.3. The van der Waals surface area contributed by atoms with Gasteiger partial charge in [0.15, 0.2) is 16.4 Å². The van der Waals surface area contributed by atoms with E-state index < -0.39 is 28.3 Å². The highest BCUT2D eigenvalue weighted by molar-refractivity contribution is 7.90. The highest BCUT2D eigenvalue weighted by atomic mass is 32.2. The number of hydrogen-bond acceptors (Lipinski definition) is 6. The zero-order chi connectivity index (χ0) is 18.4. The highest BCUT2D eigenvalue weighted by Crippen LogP contribution is 2.16. The van der Waals surface area contributed by atoms with Gasteiger partial charge >= 0.3 is 5.97 Å². The van der Waals surface area contributed by atoms with Crippen molar-refractivity contribution < 1.29 is 22.7 Å². The molecule has 1 amide bonds. The quantitative estimate of drug-likeness (QED) is 0.616. The highest BCUT2D eigenvalue weighted by Gasteiger charge is 2.09. The van der Waals surface area contributed by atoms with Crippen LogP contribution in [0.25, 0.3) is 6.08 Å². The summed E-state index contributed by atoms with van der Waals surface area (Å²) in [6.07, 6.45) is 3.99. The fourth-order valence-electron chi connectivity index (χ4n) is 1.86. The first kappa shape index (κ1) is 18.9. The molecule has 0 bridgehead atoms. The Morgan fingerprint density at radius 1 is 1.16 bits per heavy atom. The van der Waals surface area contributed by atoms with Crippen molar-refractivity contribution in [3.05, 3.63) is 52.2 Å². The molecule has 1 aromatic carbocycles. The molecule has 0 aliphatic heterocycles. The Kier molecular flexibility index (Phi) is 6.11. The minimum absolute atomic E-state index is 0.158. The fraction of sp³-hybridized carbons (Fsp3) is 0.176. The first-order valence-electron chi connectivity index (χ1n) is 7.25. The van der Waals surface area contributed by atoms with Gasteiger partial charge in [0.25, 0.3) is 5.91 Å². The summed E-state index contributed by atoms with van der Waals surface area (Å²) in [5.41, 5.74) is 0.415. The summed E-state index contributed by atoms with van der Waals surface area (Å²) < 4.78 is 27.6. The molecule has 25 heavy (non-hydrogen) atoms. The summed E-state index contributed by atoms with van der Waals surface area (Å²) in [5, 5.41) is 2.52. The van der Waals surface area contributed by atoms with Crippen LogP contribution in [-0.4, -0.2) is 33.2 Å². The Hall–Kier alpha value is -2.45. The fourth-order valence-corrected chi connectivity index (χ4v) is 3.27. The molecular weight excluding hydrogens is 362 g/mol. The van der Waals surface area contributed by atoms with Gasteiger partial charge in [-0.1, -0.05) is 0 Å². The standard InChI is InChI=1S/C17H17NO5S2/c1-12-3-6-14(24-12)7-10-17(20)23-11-16(19)18-13-4-8-15(9-5-13)25(2,21)22/h3-10H,11H2,1-2H3,(H,18,19)/b10-7+. The number of thiophene rings is 1. The van der Waals surface area contributed by atoms with Crippen molar-refractivity contribution in [1.29, 1.82) is 0 Å². The van der Waals surface area contributed by atoms with Crippen molar-refractivity contribution >= 4 is 44.8 Å². The van der Waals surface area contributed by atoms with E-state index in [1.54, 1.807) is 17.4 Å². The van der Waals surface area contributed by atoms with Gasteiger partial charge in [-0.15, -0.1) is 11.3 Å². The Morgan fingerprint density at radius 2 is 1.84 bits per heavy atom. The Labute approximate surface area is 150 Å². The molecule has 0 unspecified atom stereocenters. The van der Waals surface area contributed by atoms with Crippen LogP contribution >= 0.6 is 11.3 Å². The number of rotatable bonds is 6. The third kappa shape index (κ3) is 6.17. The van der Waals surface area contributed by atoms with E-state index in [1.165, 1.54) is 30.3 Å². The summed E-state index contributed by atoms with van der Waals surface area (Å²) >= 11 is 1.54. The maximum absolute atomic E-state index is 11.7. The van der Waals surface area contributed by atoms with Crippen molar-refractivity contribution in [3.63, 3.8) is 0 Å². The molecule has 2 aromatic rings. The zero-order valence-electron chi connectivity index (χ0n) is 13.7. The van der Waals surface area contributed by atoms with Gasteiger partial charge in [0, 0.05) is 27.8 Å². The van der Waals surface area contributed by atoms with Crippen LogP contribution in [0.3, 0.4) is 0 Å². The topological polar surface area (TPSA) is 89.5 Å². The summed E-state index contributed by atoms with van der Waals surface area (Å²) in [6, 6.07) is 9.55. The van der Waals surface area contributed by atoms with Gasteiger partial charge in [-0.2, -0.15) is 0 Å². The van der Waals surface area contributed by atoms with E-state index in [0.29, 0.717) is 5.69 Å². The average Bonchev–Trinajstić information content (AvgIpc) is 2.96. The van der Waals surface area contributed by atoms with Crippen molar-refractivity contribution in [2.24, 2.45) is 0 Å². The van der Waals surface area contributed by atoms with Crippen molar-refractivity contribution in [2.75, 3.05) is 18.2 Å². The molecule has 0 saturated carbocycles. The number of carbonyl (C=O) groups is 2. The molecule has 0 saturated heterocycles. The number of aryl methyl sites for hydroxylation is 1. The van der Waals surface area contributed by atoms with Crippen LogP contribution in [0.2, 0.25) is 0 Å². The Morgan fingerprint density at radius 3 is 2.40 bits per heavy atom. The van der Waals surface area contributed by atoms with Gasteiger partial charge in [-0.05, 0) is 49.4 Å². The van der Waals surface area contributed by atoms with Crippen LogP contribution in [-0.2, 0) is 24.2 Å². The SMILES string of the molecule is Cc1ccc(/C=C/C(=O)OCC(=O)Nc2ccc(S(C)(=O)=O)cc2)s1. The third-order valence-electron chi connectivity index (χ3n) is 3.06. The number of benzene rings is 1. The van der Waals surface area contributed by atoms with Crippen molar-refractivity contribution in [2.45, 2.75) is 11.8 Å². The lowest BCUT2D eigenvalue weighted by Crippen LogP contribution is -2.20. The minimum Gasteiger partial charge on any atom is -0.452 e. The second kappa shape index (κ2) is 8.09. The number of anilines is 1. The van der Waals surface area contributed by atoms with Gasteiger partial charge in [0.1, 0.15) is 0 Å². The molecular formula is C17H17NO5S2. The lowest BCUT2D eigenvalue weighted by Gasteiger charge is -2.06. The van der Waals surface area contributed by atoms with Crippen molar-refractivity contribution in [3.8, 4) is 0 Å². The maximum atomic E-state index is 11.7. The van der Waals surface area contributed by atoms with Gasteiger partial charge < -0.3 is 10.1 Å². The first-order chi connectivity index (χ1) is 11.7. The predicted octanol–water partition coefficient (Wildman–Crippen LogP) is 2.66. The van der Waals surface area contributed by atoms with Crippen LogP contribution in [0, 0.1) is 6.92 Å². The number of sulfone groups is 1. The van der Waals surface area contributed by atoms with E-state index in [2.05, 4.69) is 5.32 Å². The summed E-state index contributed by atoms with van der Waals surface area (Å²) in [6.45, 7) is 1.54. The summed E-state index contributed by atoms with van der Waals surface area (Å²) in [7, 11) is -3.29. The van der Waals surface area contributed by atoms with Crippen LogP contribution in [0.4, 0.5) is 5.69 Å². The number of carbonyl (C=O) groups excluding carboxylic acids is 2. The molecule has 6 nitrogen and oxygen atoms in total. The summed E-state index contributed by atoms with van der Waals surface area (Å²) in [4.78, 5) is 25.5. The molecule has 0 fully saturated rings. The molecule has 0 aliphatic carbocycles. The van der Waals surface area contributed by atoms with E-state index in [1.807, 2.05) is 19.1 Å². The first-order valence-corrected chi connectivity index (χ1v) is 9.96. The molecule has 0 atom stereocenters. The molecule has 0 radical (unpaired) electrons. The van der Waals surface area contributed by atoms with Gasteiger partial charge in [0.05, 0.1) is 4.90 Å². The lowest BCUT2D eigenvalue weighted by molar-refractivity contribution is -0.142. The number of esters is 1. The van der Waals surface area contributed by atoms with E-state index >= 15 is 0 Å².